The number of ether oxygens (including phenoxy) is 2. The third-order valence-electron chi connectivity index (χ3n) is 4.27. The van der Waals surface area contributed by atoms with E-state index in [-0.39, 0.29) is 17.7 Å². The minimum Gasteiger partial charge on any atom is -0.462 e. The second-order valence-electron chi connectivity index (χ2n) is 6.33. The molecule has 28 heavy (non-hydrogen) atoms. The summed E-state index contributed by atoms with van der Waals surface area (Å²) in [5.41, 5.74) is 2.52. The average molecular weight is 374 g/mol. The molecule has 0 saturated heterocycles. The minimum atomic E-state index is -0.541. The van der Waals surface area contributed by atoms with E-state index in [2.05, 4.69) is 0 Å². The lowest BCUT2D eigenvalue weighted by molar-refractivity contribution is 0.0437. The zero-order chi connectivity index (χ0) is 19.6. The maximum absolute atomic E-state index is 12.4. The van der Waals surface area contributed by atoms with Crippen LogP contribution in [0.15, 0.2) is 84.9 Å². The Balaban J connectivity index is 1.54. The van der Waals surface area contributed by atoms with Crippen LogP contribution in [0, 0.1) is 0 Å². The van der Waals surface area contributed by atoms with Gasteiger partial charge in [-0.2, -0.15) is 0 Å². The molecule has 0 fully saturated rings. The molecule has 3 aromatic carbocycles. The summed E-state index contributed by atoms with van der Waals surface area (Å²) in [6.45, 7) is 0.446. The van der Waals surface area contributed by atoms with Gasteiger partial charge in [-0.25, -0.2) is 9.59 Å². The number of benzene rings is 3. The highest BCUT2D eigenvalue weighted by atomic mass is 16.5. The van der Waals surface area contributed by atoms with Gasteiger partial charge in [-0.15, -0.1) is 0 Å². The second-order valence-corrected chi connectivity index (χ2v) is 6.33. The Morgan fingerprint density at radius 1 is 0.607 bits per heavy atom. The highest BCUT2D eigenvalue weighted by Crippen LogP contribution is 2.14. The van der Waals surface area contributed by atoms with Crippen molar-refractivity contribution >= 4 is 11.9 Å². The lowest BCUT2D eigenvalue weighted by Gasteiger charge is -2.10. The third-order valence-corrected chi connectivity index (χ3v) is 4.27. The molecule has 0 aliphatic heterocycles. The molecule has 0 bridgehead atoms. The summed E-state index contributed by atoms with van der Waals surface area (Å²) in [4.78, 5) is 24.9. The number of hydrogen-bond acceptors (Lipinski definition) is 4. The Labute approximate surface area is 164 Å². The highest BCUT2D eigenvalue weighted by molar-refractivity contribution is 6.03. The number of hydrogen-bond donors (Lipinski definition) is 0. The van der Waals surface area contributed by atoms with Gasteiger partial charge in [-0.3, -0.25) is 0 Å². The fourth-order valence-electron chi connectivity index (χ4n) is 2.80. The van der Waals surface area contributed by atoms with Crippen molar-refractivity contribution in [1.82, 2.24) is 0 Å². The van der Waals surface area contributed by atoms with Crippen LogP contribution in [0.5, 0.6) is 0 Å². The summed E-state index contributed by atoms with van der Waals surface area (Å²) in [7, 11) is 0. The fraction of sp³-hybridized carbons (Fsp3) is 0.167. The average Bonchev–Trinajstić information content (AvgIpc) is 2.76. The first-order valence-corrected chi connectivity index (χ1v) is 9.25. The summed E-state index contributed by atoms with van der Waals surface area (Å²) in [5, 5.41) is 0. The first-order chi connectivity index (χ1) is 13.7. The van der Waals surface area contributed by atoms with E-state index in [1.165, 1.54) is 5.56 Å². The fourth-order valence-corrected chi connectivity index (χ4v) is 2.80. The zero-order valence-corrected chi connectivity index (χ0v) is 15.5. The van der Waals surface area contributed by atoms with Crippen molar-refractivity contribution in [3.05, 3.63) is 107 Å². The molecule has 0 N–H and O–H groups in total. The molecule has 0 aliphatic rings. The lowest BCUT2D eigenvalue weighted by atomic mass is 10.1. The van der Waals surface area contributed by atoms with Crippen LogP contribution in [-0.4, -0.2) is 18.5 Å². The summed E-state index contributed by atoms with van der Waals surface area (Å²) >= 11 is 0. The van der Waals surface area contributed by atoms with Gasteiger partial charge < -0.3 is 9.47 Å². The third kappa shape index (κ3) is 5.55. The standard InChI is InChI=1S/C24H22O4/c25-23(27-17-9-14-19-10-3-1-4-11-19)21-15-7-8-16-22(21)24(26)28-18-20-12-5-2-6-13-20/h1-8,10-13,15-16H,9,14,17-18H2. The van der Waals surface area contributed by atoms with Crippen molar-refractivity contribution in [2.75, 3.05) is 6.61 Å². The molecule has 3 aromatic rings. The Bertz CT molecular complexity index is 904. The molecule has 0 heterocycles. The van der Waals surface area contributed by atoms with Crippen molar-refractivity contribution in [3.63, 3.8) is 0 Å². The predicted octanol–water partition coefficient (Wildman–Crippen LogP) is 4.83. The Morgan fingerprint density at radius 2 is 1.11 bits per heavy atom. The molecule has 0 aromatic heterocycles. The van der Waals surface area contributed by atoms with Gasteiger partial charge in [-0.1, -0.05) is 72.8 Å². The smallest absolute Gasteiger partial charge is 0.339 e. The van der Waals surface area contributed by atoms with Crippen LogP contribution >= 0.6 is 0 Å². The lowest BCUT2D eigenvalue weighted by Crippen LogP contribution is -2.14. The maximum atomic E-state index is 12.4. The van der Waals surface area contributed by atoms with E-state index in [1.54, 1.807) is 24.3 Å². The van der Waals surface area contributed by atoms with Crippen LogP contribution in [-0.2, 0) is 22.5 Å². The number of carbonyl (C=O) groups excluding carboxylic acids is 2. The van der Waals surface area contributed by atoms with Gasteiger partial charge in [0.1, 0.15) is 6.61 Å². The summed E-state index contributed by atoms with van der Waals surface area (Å²) in [5.74, 6) is -1.05. The normalized spacial score (nSPS) is 10.3. The van der Waals surface area contributed by atoms with Crippen molar-refractivity contribution in [3.8, 4) is 0 Å². The largest absolute Gasteiger partial charge is 0.462 e. The molecule has 0 unspecified atom stereocenters. The van der Waals surface area contributed by atoms with E-state index in [0.29, 0.717) is 6.61 Å². The molecule has 0 saturated carbocycles. The minimum absolute atomic E-state index is 0.153. The van der Waals surface area contributed by atoms with E-state index in [9.17, 15) is 9.59 Å². The maximum Gasteiger partial charge on any atom is 0.339 e. The molecule has 4 heteroatoms. The van der Waals surface area contributed by atoms with Gasteiger partial charge >= 0.3 is 11.9 Å². The zero-order valence-electron chi connectivity index (χ0n) is 15.5. The van der Waals surface area contributed by atoms with Crippen molar-refractivity contribution < 1.29 is 19.1 Å². The summed E-state index contributed by atoms with van der Waals surface area (Å²) in [6.07, 6.45) is 1.55. The van der Waals surface area contributed by atoms with Crippen LogP contribution in [0.1, 0.15) is 38.3 Å². The van der Waals surface area contributed by atoms with Crippen molar-refractivity contribution in [2.24, 2.45) is 0 Å². The predicted molar refractivity (Wildman–Crippen MR) is 107 cm³/mol. The topological polar surface area (TPSA) is 52.6 Å². The van der Waals surface area contributed by atoms with Crippen LogP contribution in [0.4, 0.5) is 0 Å². The van der Waals surface area contributed by atoms with Crippen LogP contribution < -0.4 is 0 Å². The molecule has 3 rings (SSSR count). The molecule has 0 aliphatic carbocycles. The molecule has 142 valence electrons. The van der Waals surface area contributed by atoms with Gasteiger partial charge in [0.25, 0.3) is 0 Å². The Morgan fingerprint density at radius 3 is 1.71 bits per heavy atom. The van der Waals surface area contributed by atoms with Gasteiger partial charge in [0.05, 0.1) is 17.7 Å². The van der Waals surface area contributed by atoms with E-state index >= 15 is 0 Å². The second kappa shape index (κ2) is 10.1. The van der Waals surface area contributed by atoms with Crippen LogP contribution in [0.2, 0.25) is 0 Å². The molecular formula is C24H22O4. The van der Waals surface area contributed by atoms with E-state index < -0.39 is 11.9 Å². The van der Waals surface area contributed by atoms with Gasteiger partial charge in [0.2, 0.25) is 0 Å². The van der Waals surface area contributed by atoms with E-state index in [4.69, 9.17) is 9.47 Å². The highest BCUT2D eigenvalue weighted by Gasteiger charge is 2.19. The molecule has 0 radical (unpaired) electrons. The molecule has 0 atom stereocenters. The number of carbonyl (C=O) groups is 2. The number of esters is 2. The van der Waals surface area contributed by atoms with E-state index in [0.717, 1.165) is 18.4 Å². The van der Waals surface area contributed by atoms with Crippen LogP contribution in [0.25, 0.3) is 0 Å². The first kappa shape index (κ1) is 19.4. The number of rotatable bonds is 8. The van der Waals surface area contributed by atoms with Crippen LogP contribution in [0.3, 0.4) is 0 Å². The summed E-state index contributed by atoms with van der Waals surface area (Å²) < 4.78 is 10.7. The molecule has 0 amide bonds. The van der Waals surface area contributed by atoms with Crippen molar-refractivity contribution in [1.29, 1.82) is 0 Å². The summed E-state index contributed by atoms with van der Waals surface area (Å²) in [6, 6.07) is 26.0. The molecule has 4 nitrogen and oxygen atoms in total. The molecular weight excluding hydrogens is 352 g/mol. The SMILES string of the molecule is O=C(OCCCc1ccccc1)c1ccccc1C(=O)OCc1ccccc1. The van der Waals surface area contributed by atoms with Crippen molar-refractivity contribution in [2.45, 2.75) is 19.4 Å². The van der Waals surface area contributed by atoms with E-state index in [1.807, 2.05) is 60.7 Å². The number of aryl methyl sites for hydroxylation is 1. The Hall–Kier alpha value is -3.40. The Kier molecular flexibility index (Phi) is 6.96. The quantitative estimate of drug-likeness (QED) is 0.418. The van der Waals surface area contributed by atoms with Gasteiger partial charge in [0, 0.05) is 0 Å². The molecule has 0 spiro atoms. The monoisotopic (exact) mass is 374 g/mol. The first-order valence-electron chi connectivity index (χ1n) is 9.25. The van der Waals surface area contributed by atoms with Gasteiger partial charge in [0.15, 0.2) is 0 Å². The van der Waals surface area contributed by atoms with Gasteiger partial charge in [-0.05, 0) is 36.1 Å².